The van der Waals surface area contributed by atoms with Crippen LogP contribution in [0.4, 0.5) is 0 Å². The van der Waals surface area contributed by atoms with Gasteiger partial charge in [-0.15, -0.1) is 0 Å². The van der Waals surface area contributed by atoms with Crippen molar-refractivity contribution in [3.63, 3.8) is 0 Å². The van der Waals surface area contributed by atoms with Crippen LogP contribution in [0, 0.1) is 0 Å². The fourth-order valence-electron chi connectivity index (χ4n) is 4.74. The van der Waals surface area contributed by atoms with Crippen LogP contribution in [0.1, 0.15) is 55.2 Å². The van der Waals surface area contributed by atoms with Gasteiger partial charge < -0.3 is 14.7 Å². The summed E-state index contributed by atoms with van der Waals surface area (Å²) >= 11 is 0. The molecule has 5 nitrogen and oxygen atoms in total. The lowest BCUT2D eigenvalue weighted by Gasteiger charge is -2.25. The lowest BCUT2D eigenvalue weighted by atomic mass is 9.86. The highest BCUT2D eigenvalue weighted by Gasteiger charge is 2.26. The molecule has 2 N–H and O–H groups in total. The molecule has 0 atom stereocenters. The molecule has 0 bridgehead atoms. The predicted molar refractivity (Wildman–Crippen MR) is 122 cm³/mol. The van der Waals surface area contributed by atoms with Crippen LogP contribution in [0.25, 0.3) is 33.6 Å². The minimum absolute atomic E-state index is 0.396. The Hall–Kier alpha value is -3.34. The van der Waals surface area contributed by atoms with E-state index < -0.39 is 0 Å². The molecule has 3 heterocycles. The molecule has 0 radical (unpaired) electrons. The van der Waals surface area contributed by atoms with E-state index in [1.165, 1.54) is 39.2 Å². The van der Waals surface area contributed by atoms with E-state index in [0.29, 0.717) is 12.5 Å². The van der Waals surface area contributed by atoms with Crippen LogP contribution in [0.15, 0.2) is 36.5 Å². The highest BCUT2D eigenvalue weighted by molar-refractivity contribution is 5.83. The second-order valence-corrected chi connectivity index (χ2v) is 8.86. The average molecular weight is 411 g/mol. The molecule has 2 aliphatic rings. The van der Waals surface area contributed by atoms with Crippen LogP contribution in [0.2, 0.25) is 0 Å². The normalized spacial score (nSPS) is 13.9. The number of ether oxygens (including phenoxy) is 1. The van der Waals surface area contributed by atoms with Gasteiger partial charge in [-0.3, -0.25) is 0 Å². The molecule has 1 aliphatic carbocycles. The first-order valence-corrected chi connectivity index (χ1v) is 11.2. The minimum atomic E-state index is 0.396. The van der Waals surface area contributed by atoms with Gasteiger partial charge in [0.25, 0.3) is 0 Å². The van der Waals surface area contributed by atoms with Gasteiger partial charge in [0.05, 0.1) is 23.3 Å². The first-order chi connectivity index (χ1) is 15.1. The number of imidazole rings is 2. The molecule has 0 saturated carbocycles. The molecule has 0 unspecified atom stereocenters. The number of H-pyrrole nitrogens is 2. The summed E-state index contributed by atoms with van der Waals surface area (Å²) < 4.78 is 6.24. The lowest BCUT2D eigenvalue weighted by molar-refractivity contribution is 0.302. The number of aromatic nitrogens is 4. The van der Waals surface area contributed by atoms with Crippen molar-refractivity contribution in [2.24, 2.45) is 0 Å². The number of hydrogen-bond acceptors (Lipinski definition) is 3. The van der Waals surface area contributed by atoms with Crippen molar-refractivity contribution >= 4 is 0 Å². The highest BCUT2D eigenvalue weighted by Crippen LogP contribution is 2.44. The number of hydrogen-bond donors (Lipinski definition) is 2. The van der Waals surface area contributed by atoms with E-state index in [2.05, 4.69) is 66.1 Å². The van der Waals surface area contributed by atoms with Crippen LogP contribution < -0.4 is 4.74 Å². The van der Waals surface area contributed by atoms with Crippen molar-refractivity contribution in [2.45, 2.75) is 52.6 Å². The third kappa shape index (κ3) is 2.91. The van der Waals surface area contributed by atoms with E-state index in [-0.39, 0.29) is 0 Å². The molecule has 0 fully saturated rings. The minimum Gasteiger partial charge on any atom is -0.488 e. The maximum atomic E-state index is 6.24. The topological polar surface area (TPSA) is 66.6 Å². The van der Waals surface area contributed by atoms with Crippen LogP contribution in [0.3, 0.4) is 0 Å². The van der Waals surface area contributed by atoms with Crippen molar-refractivity contribution in [1.29, 1.82) is 0 Å². The number of nitrogens with zero attached hydrogens (tertiary/aromatic N) is 2. The summed E-state index contributed by atoms with van der Waals surface area (Å²) in [4.78, 5) is 16.3. The molecule has 0 amide bonds. The highest BCUT2D eigenvalue weighted by atomic mass is 16.5. The summed E-state index contributed by atoms with van der Waals surface area (Å²) in [6.07, 6.45) is 4.82. The number of benzene rings is 2. The zero-order chi connectivity index (χ0) is 21.1. The van der Waals surface area contributed by atoms with Crippen molar-refractivity contribution in [2.75, 3.05) is 0 Å². The molecule has 0 saturated heterocycles. The summed E-state index contributed by atoms with van der Waals surface area (Å²) in [6, 6.07) is 11.2. The second-order valence-electron chi connectivity index (χ2n) is 8.86. The van der Waals surface area contributed by atoms with Gasteiger partial charge in [-0.05, 0) is 53.3 Å². The molecule has 5 heteroatoms. The zero-order valence-electron chi connectivity index (χ0n) is 18.2. The quantitative estimate of drug-likeness (QED) is 0.448. The monoisotopic (exact) mass is 410 g/mol. The number of nitrogens with one attached hydrogen (secondary N) is 2. The van der Waals surface area contributed by atoms with Crippen molar-refractivity contribution in [1.82, 2.24) is 19.9 Å². The standard InChI is InChI=1S/C26H26N4O/c1-4-24-27-12-22(28-24)16-5-7-18-17(9-16)13-31-23-11-19-15(10-20(18)23)6-8-21-25(19)30-26(29-21)14(2)3/h5,7,9-12,14H,4,6,8,13H2,1-3H3,(H,27,28)(H,29,30). The molecule has 156 valence electrons. The smallest absolute Gasteiger partial charge is 0.128 e. The Bertz CT molecular complexity index is 1310. The van der Waals surface area contributed by atoms with Gasteiger partial charge in [0.2, 0.25) is 0 Å². The van der Waals surface area contributed by atoms with Gasteiger partial charge in [-0.2, -0.15) is 0 Å². The molecule has 1 aliphatic heterocycles. The van der Waals surface area contributed by atoms with Crippen molar-refractivity contribution < 1.29 is 4.74 Å². The van der Waals surface area contributed by atoms with Gasteiger partial charge in [-0.1, -0.05) is 32.9 Å². The van der Waals surface area contributed by atoms with Crippen LogP contribution in [0.5, 0.6) is 5.75 Å². The van der Waals surface area contributed by atoms with Crippen LogP contribution >= 0.6 is 0 Å². The van der Waals surface area contributed by atoms with E-state index >= 15 is 0 Å². The lowest BCUT2D eigenvalue weighted by Crippen LogP contribution is -2.09. The average Bonchev–Trinajstić information content (AvgIpc) is 3.45. The SMILES string of the molecule is CCc1ncc(-c2ccc3c(c2)COc2cc4c(cc2-3)CCc2nc(C(C)C)[nH]c2-4)[nH]1. The van der Waals surface area contributed by atoms with Crippen molar-refractivity contribution in [3.8, 4) is 39.4 Å². The maximum Gasteiger partial charge on any atom is 0.128 e. The molecule has 2 aromatic carbocycles. The Balaban J connectivity index is 1.42. The van der Waals surface area contributed by atoms with Gasteiger partial charge >= 0.3 is 0 Å². The first kappa shape index (κ1) is 18.4. The van der Waals surface area contributed by atoms with Gasteiger partial charge in [0.1, 0.15) is 24.0 Å². The fraction of sp³-hybridized carbons (Fsp3) is 0.308. The third-order valence-corrected chi connectivity index (χ3v) is 6.50. The molecule has 6 rings (SSSR count). The van der Waals surface area contributed by atoms with E-state index in [1.807, 2.05) is 6.20 Å². The van der Waals surface area contributed by atoms with E-state index in [1.54, 1.807) is 0 Å². The zero-order valence-corrected chi connectivity index (χ0v) is 18.2. The Kier molecular flexibility index (Phi) is 4.07. The van der Waals surface area contributed by atoms with E-state index in [9.17, 15) is 0 Å². The maximum absolute atomic E-state index is 6.24. The summed E-state index contributed by atoms with van der Waals surface area (Å²) in [7, 11) is 0. The summed E-state index contributed by atoms with van der Waals surface area (Å²) in [6.45, 7) is 7.05. The largest absolute Gasteiger partial charge is 0.488 e. The van der Waals surface area contributed by atoms with Gasteiger partial charge in [-0.25, -0.2) is 9.97 Å². The predicted octanol–water partition coefficient (Wildman–Crippen LogP) is 5.81. The Morgan fingerprint density at radius 3 is 2.71 bits per heavy atom. The van der Waals surface area contributed by atoms with E-state index in [0.717, 1.165) is 47.9 Å². The number of aryl methyl sites for hydroxylation is 3. The van der Waals surface area contributed by atoms with Crippen molar-refractivity contribution in [3.05, 3.63) is 65.0 Å². The fourth-order valence-corrected chi connectivity index (χ4v) is 4.74. The number of rotatable bonds is 3. The van der Waals surface area contributed by atoms with Gasteiger partial charge in [0.15, 0.2) is 0 Å². The summed E-state index contributed by atoms with van der Waals surface area (Å²) in [5.41, 5.74) is 10.8. The van der Waals surface area contributed by atoms with Gasteiger partial charge in [0, 0.05) is 23.5 Å². The van der Waals surface area contributed by atoms with Crippen LogP contribution in [-0.2, 0) is 25.9 Å². The Labute approximate surface area is 181 Å². The molecule has 0 spiro atoms. The first-order valence-electron chi connectivity index (χ1n) is 11.2. The second kappa shape index (κ2) is 6.84. The Morgan fingerprint density at radius 1 is 1.00 bits per heavy atom. The van der Waals surface area contributed by atoms with Crippen LogP contribution in [-0.4, -0.2) is 19.9 Å². The molecule has 31 heavy (non-hydrogen) atoms. The number of fused-ring (bicyclic) bond motifs is 6. The Morgan fingerprint density at radius 2 is 1.90 bits per heavy atom. The molecule has 2 aromatic heterocycles. The third-order valence-electron chi connectivity index (χ3n) is 6.50. The number of aromatic amines is 2. The molecule has 4 aromatic rings. The molecular weight excluding hydrogens is 384 g/mol. The summed E-state index contributed by atoms with van der Waals surface area (Å²) in [5, 5.41) is 0. The summed E-state index contributed by atoms with van der Waals surface area (Å²) in [5.74, 6) is 3.44. The van der Waals surface area contributed by atoms with E-state index in [4.69, 9.17) is 9.72 Å². The molecular formula is C26H26N4O.